The van der Waals surface area contributed by atoms with Crippen molar-refractivity contribution in [3.8, 4) is 22.6 Å². The summed E-state index contributed by atoms with van der Waals surface area (Å²) >= 11 is 0. The molecule has 1 aliphatic carbocycles. The second-order valence-corrected chi connectivity index (χ2v) is 10.5. The van der Waals surface area contributed by atoms with Crippen LogP contribution in [0.1, 0.15) is 24.8 Å². The summed E-state index contributed by atoms with van der Waals surface area (Å²) in [5.74, 6) is 1.23. The van der Waals surface area contributed by atoms with Crippen molar-refractivity contribution in [2.75, 3.05) is 13.1 Å². The molecule has 7 rings (SSSR count). The monoisotopic (exact) mass is 530 g/mol. The standard InChI is InChI=1S/C29H25F3N6O/c30-29(31,32)22-8-10-25-24(13-22)35-27(38(25)16-17-11-12-37(15-17)28(39)20-5-6-20)19-3-1-18(2-4-19)23-9-7-21-14-33-36-26(21)34-23/h1-4,7-10,13-14,17,20H,5-6,11-12,15-16H2,(H,33,34,36)/t17-/m1/s1. The molecule has 1 saturated heterocycles. The Morgan fingerprint density at radius 2 is 1.77 bits per heavy atom. The van der Waals surface area contributed by atoms with Crippen molar-refractivity contribution in [2.24, 2.45) is 11.8 Å². The lowest BCUT2D eigenvalue weighted by molar-refractivity contribution is -0.137. The number of benzene rings is 2. The van der Waals surface area contributed by atoms with Crippen molar-refractivity contribution in [3.63, 3.8) is 0 Å². The largest absolute Gasteiger partial charge is 0.416 e. The molecule has 2 aliphatic rings. The summed E-state index contributed by atoms with van der Waals surface area (Å²) in [6.45, 7) is 1.96. The van der Waals surface area contributed by atoms with Crippen LogP contribution in [0.3, 0.4) is 0 Å². The predicted molar refractivity (Wildman–Crippen MR) is 140 cm³/mol. The predicted octanol–water partition coefficient (Wildman–Crippen LogP) is 5.92. The number of nitrogens with zero attached hydrogens (tertiary/aromatic N) is 5. The number of imidazole rings is 1. The molecule has 3 aromatic heterocycles. The zero-order valence-electron chi connectivity index (χ0n) is 20.9. The van der Waals surface area contributed by atoms with E-state index in [2.05, 4.69) is 20.2 Å². The fourth-order valence-electron chi connectivity index (χ4n) is 5.52. The Morgan fingerprint density at radius 1 is 0.974 bits per heavy atom. The van der Waals surface area contributed by atoms with E-state index >= 15 is 0 Å². The van der Waals surface area contributed by atoms with Crippen LogP contribution >= 0.6 is 0 Å². The van der Waals surface area contributed by atoms with Crippen molar-refractivity contribution in [3.05, 3.63) is 66.4 Å². The van der Waals surface area contributed by atoms with Crippen LogP contribution in [0.15, 0.2) is 60.8 Å². The Kier molecular flexibility index (Phi) is 5.47. The van der Waals surface area contributed by atoms with Crippen LogP contribution < -0.4 is 0 Å². The smallest absolute Gasteiger partial charge is 0.342 e. The number of hydrogen-bond donors (Lipinski definition) is 1. The van der Waals surface area contributed by atoms with E-state index in [1.54, 1.807) is 6.20 Å². The summed E-state index contributed by atoms with van der Waals surface area (Å²) in [5, 5.41) is 7.82. The Balaban J connectivity index is 1.24. The SMILES string of the molecule is O=C(C1CC1)N1CC[C@@H](Cn2c(-c3ccc(-c4ccc5cn[nH]c5n4)cc3)nc3cc(C(F)(F)F)ccc32)C1. The average molecular weight is 531 g/mol. The molecule has 5 aromatic rings. The van der Waals surface area contributed by atoms with Crippen LogP contribution in [0.25, 0.3) is 44.7 Å². The first-order valence-corrected chi connectivity index (χ1v) is 13.1. The summed E-state index contributed by atoms with van der Waals surface area (Å²) in [6.07, 6.45) is 0.0735. The number of aromatic nitrogens is 5. The molecule has 2 aromatic carbocycles. The maximum atomic E-state index is 13.5. The number of alkyl halides is 3. The van der Waals surface area contributed by atoms with E-state index in [9.17, 15) is 18.0 Å². The van der Waals surface area contributed by atoms with Crippen LogP contribution in [-0.4, -0.2) is 48.6 Å². The van der Waals surface area contributed by atoms with Gasteiger partial charge in [-0.25, -0.2) is 9.97 Å². The first kappa shape index (κ1) is 23.9. The van der Waals surface area contributed by atoms with Gasteiger partial charge in [0.15, 0.2) is 5.65 Å². The molecule has 10 heteroatoms. The molecule has 0 radical (unpaired) electrons. The van der Waals surface area contributed by atoms with Gasteiger partial charge in [0.1, 0.15) is 5.82 Å². The van der Waals surface area contributed by atoms with E-state index < -0.39 is 11.7 Å². The molecule has 4 heterocycles. The number of halogens is 3. The Hall–Kier alpha value is -4.21. The van der Waals surface area contributed by atoms with Gasteiger partial charge in [-0.1, -0.05) is 24.3 Å². The van der Waals surface area contributed by atoms with Crippen LogP contribution in [0.4, 0.5) is 13.2 Å². The molecule has 7 nitrogen and oxygen atoms in total. The first-order valence-electron chi connectivity index (χ1n) is 13.1. The highest BCUT2D eigenvalue weighted by Gasteiger charge is 2.37. The van der Waals surface area contributed by atoms with Gasteiger partial charge < -0.3 is 9.47 Å². The zero-order chi connectivity index (χ0) is 26.7. The highest BCUT2D eigenvalue weighted by molar-refractivity contribution is 5.83. The third-order valence-corrected chi connectivity index (χ3v) is 7.78. The number of likely N-dealkylation sites (tertiary alicyclic amines) is 1. The number of aromatic amines is 1. The third kappa shape index (κ3) is 4.43. The Labute approximate surface area is 221 Å². The van der Waals surface area contributed by atoms with Crippen molar-refractivity contribution < 1.29 is 18.0 Å². The molecule has 39 heavy (non-hydrogen) atoms. The zero-order valence-corrected chi connectivity index (χ0v) is 20.9. The average Bonchev–Trinajstić information content (AvgIpc) is 3.33. The normalized spacial score (nSPS) is 17.9. The fourth-order valence-corrected chi connectivity index (χ4v) is 5.52. The summed E-state index contributed by atoms with van der Waals surface area (Å²) in [5.41, 5.74) is 3.43. The second kappa shape index (κ2) is 8.93. The molecule has 198 valence electrons. The minimum absolute atomic E-state index is 0.177. The van der Waals surface area contributed by atoms with Gasteiger partial charge >= 0.3 is 6.18 Å². The van der Waals surface area contributed by atoms with Crippen LogP contribution in [0, 0.1) is 11.8 Å². The number of carbonyl (C=O) groups is 1. The highest BCUT2D eigenvalue weighted by Crippen LogP contribution is 2.36. The molecular weight excluding hydrogens is 505 g/mol. The second-order valence-electron chi connectivity index (χ2n) is 10.5. The van der Waals surface area contributed by atoms with Crippen LogP contribution in [0.2, 0.25) is 0 Å². The van der Waals surface area contributed by atoms with Crippen molar-refractivity contribution in [2.45, 2.75) is 32.0 Å². The molecule has 1 N–H and O–H groups in total. The van der Waals surface area contributed by atoms with Gasteiger partial charge in [-0.15, -0.1) is 0 Å². The van der Waals surface area contributed by atoms with Gasteiger partial charge in [0.05, 0.1) is 28.5 Å². The molecular formula is C29H25F3N6O. The van der Waals surface area contributed by atoms with Gasteiger partial charge in [0.25, 0.3) is 0 Å². The van der Waals surface area contributed by atoms with Crippen molar-refractivity contribution in [1.82, 2.24) is 29.6 Å². The summed E-state index contributed by atoms with van der Waals surface area (Å²) in [6, 6.07) is 15.3. The highest BCUT2D eigenvalue weighted by atomic mass is 19.4. The van der Waals surface area contributed by atoms with Crippen molar-refractivity contribution in [1.29, 1.82) is 0 Å². The molecule has 0 spiro atoms. The van der Waals surface area contributed by atoms with E-state index in [4.69, 9.17) is 0 Å². The fraction of sp³-hybridized carbons (Fsp3) is 0.310. The maximum absolute atomic E-state index is 13.5. The number of rotatable bonds is 5. The van der Waals surface area contributed by atoms with E-state index in [0.717, 1.165) is 60.1 Å². The molecule has 1 aliphatic heterocycles. The van der Waals surface area contributed by atoms with Crippen LogP contribution in [-0.2, 0) is 17.5 Å². The number of fused-ring (bicyclic) bond motifs is 2. The molecule has 1 amide bonds. The molecule has 0 bridgehead atoms. The lowest BCUT2D eigenvalue weighted by Crippen LogP contribution is -2.30. The third-order valence-electron chi connectivity index (χ3n) is 7.78. The van der Waals surface area contributed by atoms with Gasteiger partial charge in [-0.2, -0.15) is 18.3 Å². The molecule has 2 fully saturated rings. The summed E-state index contributed by atoms with van der Waals surface area (Å²) in [7, 11) is 0. The minimum atomic E-state index is -4.45. The van der Waals surface area contributed by atoms with Crippen molar-refractivity contribution >= 4 is 28.0 Å². The van der Waals surface area contributed by atoms with E-state index in [0.29, 0.717) is 35.6 Å². The van der Waals surface area contributed by atoms with Gasteiger partial charge in [-0.05, 0) is 55.5 Å². The van der Waals surface area contributed by atoms with Gasteiger partial charge in [-0.3, -0.25) is 9.89 Å². The van der Waals surface area contributed by atoms with E-state index in [1.165, 1.54) is 6.07 Å². The quantitative estimate of drug-likeness (QED) is 0.306. The number of nitrogens with one attached hydrogen (secondary N) is 1. The topological polar surface area (TPSA) is 79.7 Å². The van der Waals surface area contributed by atoms with E-state index in [1.807, 2.05) is 45.9 Å². The number of amides is 1. The maximum Gasteiger partial charge on any atom is 0.416 e. The number of carbonyl (C=O) groups excluding carboxylic acids is 1. The van der Waals surface area contributed by atoms with E-state index in [-0.39, 0.29) is 17.7 Å². The Bertz CT molecular complexity index is 1700. The number of hydrogen-bond acceptors (Lipinski definition) is 4. The van der Waals surface area contributed by atoms with Gasteiger partial charge in [0, 0.05) is 42.1 Å². The molecule has 1 atom stereocenters. The lowest BCUT2D eigenvalue weighted by atomic mass is 10.1. The molecule has 0 unspecified atom stereocenters. The summed E-state index contributed by atoms with van der Waals surface area (Å²) < 4.78 is 42.4. The van der Waals surface area contributed by atoms with Gasteiger partial charge in [0.2, 0.25) is 5.91 Å². The minimum Gasteiger partial charge on any atom is -0.342 e. The van der Waals surface area contributed by atoms with Crippen LogP contribution in [0.5, 0.6) is 0 Å². The summed E-state index contributed by atoms with van der Waals surface area (Å²) in [4.78, 5) is 23.8. The first-order chi connectivity index (χ1) is 18.8. The Morgan fingerprint density at radius 3 is 2.54 bits per heavy atom. The number of H-pyrrole nitrogens is 1. The molecule has 1 saturated carbocycles. The number of pyridine rings is 1. The lowest BCUT2D eigenvalue weighted by Gasteiger charge is -2.18.